The molecule has 1 aliphatic heterocycles. The summed E-state index contributed by atoms with van der Waals surface area (Å²) in [6.45, 7) is 4.72. The quantitative estimate of drug-likeness (QED) is 0.727. The van der Waals surface area contributed by atoms with Gasteiger partial charge in [0.15, 0.2) is 0 Å². The van der Waals surface area contributed by atoms with E-state index in [2.05, 4.69) is 18.9 Å². The summed E-state index contributed by atoms with van der Waals surface area (Å²) in [5, 5.41) is 9.04. The highest BCUT2D eigenvalue weighted by Crippen LogP contribution is 2.18. The number of amides is 1. The maximum atomic E-state index is 12.0. The molecule has 5 heteroatoms. The van der Waals surface area contributed by atoms with Gasteiger partial charge in [0.25, 0.3) is 0 Å². The molecular formula is C14H26N2O3. The zero-order valence-electron chi connectivity index (χ0n) is 12.1. The largest absolute Gasteiger partial charge is 0.480 e. The molecule has 1 saturated heterocycles. The SMILES string of the molecule is CCCCN(C)CCCC(=O)N1CCCC1C(=O)O. The topological polar surface area (TPSA) is 60.9 Å². The Morgan fingerprint density at radius 3 is 2.63 bits per heavy atom. The number of likely N-dealkylation sites (tertiary alicyclic amines) is 1. The van der Waals surface area contributed by atoms with Crippen LogP contribution in [0.1, 0.15) is 45.4 Å². The number of unbranched alkanes of at least 4 members (excludes halogenated alkanes) is 1. The molecule has 1 N–H and O–H groups in total. The summed E-state index contributed by atoms with van der Waals surface area (Å²) in [7, 11) is 2.07. The molecule has 110 valence electrons. The number of nitrogens with zero attached hydrogens (tertiary/aromatic N) is 2. The van der Waals surface area contributed by atoms with Crippen molar-refractivity contribution in [1.29, 1.82) is 0 Å². The first kappa shape index (κ1) is 16.0. The van der Waals surface area contributed by atoms with E-state index in [1.54, 1.807) is 0 Å². The van der Waals surface area contributed by atoms with Gasteiger partial charge in [0, 0.05) is 13.0 Å². The van der Waals surface area contributed by atoms with E-state index in [4.69, 9.17) is 5.11 Å². The van der Waals surface area contributed by atoms with Crippen LogP contribution < -0.4 is 0 Å². The lowest BCUT2D eigenvalue weighted by molar-refractivity contribution is -0.148. The van der Waals surface area contributed by atoms with Crippen molar-refractivity contribution in [2.24, 2.45) is 0 Å². The third kappa shape index (κ3) is 5.19. The minimum absolute atomic E-state index is 0.00575. The van der Waals surface area contributed by atoms with Crippen LogP contribution in [0.4, 0.5) is 0 Å². The summed E-state index contributed by atoms with van der Waals surface area (Å²) in [6.07, 6.45) is 5.02. The predicted octanol–water partition coefficient (Wildman–Crippen LogP) is 1.57. The Morgan fingerprint density at radius 1 is 1.32 bits per heavy atom. The average Bonchev–Trinajstić information content (AvgIpc) is 2.85. The van der Waals surface area contributed by atoms with Crippen molar-refractivity contribution < 1.29 is 14.7 Å². The molecule has 19 heavy (non-hydrogen) atoms. The Morgan fingerprint density at radius 2 is 2.00 bits per heavy atom. The first-order valence-corrected chi connectivity index (χ1v) is 7.27. The highest BCUT2D eigenvalue weighted by molar-refractivity contribution is 5.84. The molecule has 0 aromatic rings. The molecule has 1 amide bonds. The second kappa shape index (κ2) is 8.15. The molecular weight excluding hydrogens is 244 g/mol. The molecule has 1 fully saturated rings. The van der Waals surface area contributed by atoms with Crippen LogP contribution in [-0.4, -0.2) is 59.5 Å². The van der Waals surface area contributed by atoms with Gasteiger partial charge in [-0.3, -0.25) is 4.79 Å². The average molecular weight is 270 g/mol. The molecule has 0 spiro atoms. The van der Waals surface area contributed by atoms with E-state index in [1.807, 2.05) is 0 Å². The lowest BCUT2D eigenvalue weighted by Gasteiger charge is -2.22. The smallest absolute Gasteiger partial charge is 0.326 e. The number of carbonyl (C=O) groups excluding carboxylic acids is 1. The fourth-order valence-electron chi connectivity index (χ4n) is 2.51. The van der Waals surface area contributed by atoms with Crippen molar-refractivity contribution in [1.82, 2.24) is 9.80 Å². The number of rotatable bonds is 8. The van der Waals surface area contributed by atoms with Crippen LogP contribution in [0.15, 0.2) is 0 Å². The Bertz CT molecular complexity index is 307. The number of carbonyl (C=O) groups is 2. The molecule has 0 radical (unpaired) electrons. The Labute approximate surface area is 115 Å². The minimum Gasteiger partial charge on any atom is -0.480 e. The van der Waals surface area contributed by atoms with Gasteiger partial charge in [-0.05, 0) is 45.8 Å². The molecule has 1 aliphatic rings. The maximum Gasteiger partial charge on any atom is 0.326 e. The molecule has 0 saturated carbocycles. The van der Waals surface area contributed by atoms with Crippen molar-refractivity contribution in [3.05, 3.63) is 0 Å². The third-order valence-corrected chi connectivity index (χ3v) is 3.68. The molecule has 0 aliphatic carbocycles. The van der Waals surface area contributed by atoms with E-state index < -0.39 is 12.0 Å². The van der Waals surface area contributed by atoms with E-state index in [0.717, 1.165) is 25.9 Å². The highest BCUT2D eigenvalue weighted by atomic mass is 16.4. The third-order valence-electron chi connectivity index (χ3n) is 3.68. The van der Waals surface area contributed by atoms with Crippen LogP contribution in [0.5, 0.6) is 0 Å². The number of carboxylic acids is 1. The van der Waals surface area contributed by atoms with Crippen LogP contribution in [-0.2, 0) is 9.59 Å². The van der Waals surface area contributed by atoms with Crippen LogP contribution in [0.25, 0.3) is 0 Å². The van der Waals surface area contributed by atoms with Gasteiger partial charge in [0.2, 0.25) is 5.91 Å². The number of hydrogen-bond donors (Lipinski definition) is 1. The van der Waals surface area contributed by atoms with Crippen molar-refractivity contribution >= 4 is 11.9 Å². The Balaban J connectivity index is 2.25. The van der Waals surface area contributed by atoms with E-state index in [1.165, 1.54) is 17.7 Å². The van der Waals surface area contributed by atoms with Crippen LogP contribution in [0.3, 0.4) is 0 Å². The van der Waals surface area contributed by atoms with Crippen molar-refractivity contribution in [3.63, 3.8) is 0 Å². The second-order valence-corrected chi connectivity index (χ2v) is 5.34. The molecule has 1 rings (SSSR count). The van der Waals surface area contributed by atoms with Gasteiger partial charge in [-0.1, -0.05) is 13.3 Å². The monoisotopic (exact) mass is 270 g/mol. The van der Waals surface area contributed by atoms with Crippen molar-refractivity contribution in [2.75, 3.05) is 26.7 Å². The van der Waals surface area contributed by atoms with Gasteiger partial charge < -0.3 is 14.9 Å². The normalized spacial score (nSPS) is 19.1. The predicted molar refractivity (Wildman–Crippen MR) is 74.0 cm³/mol. The molecule has 5 nitrogen and oxygen atoms in total. The zero-order chi connectivity index (χ0) is 14.3. The molecule has 1 heterocycles. The van der Waals surface area contributed by atoms with Gasteiger partial charge in [0.1, 0.15) is 6.04 Å². The summed E-state index contributed by atoms with van der Waals surface area (Å²) in [6, 6.07) is -0.592. The molecule has 0 aromatic heterocycles. The lowest BCUT2D eigenvalue weighted by atomic mass is 10.2. The van der Waals surface area contributed by atoms with Crippen molar-refractivity contribution in [2.45, 2.75) is 51.5 Å². The van der Waals surface area contributed by atoms with Gasteiger partial charge in [-0.2, -0.15) is 0 Å². The first-order chi connectivity index (χ1) is 9.06. The standard InChI is InChI=1S/C14H26N2O3/c1-3-4-9-15(2)10-6-8-13(17)16-11-5-7-12(16)14(18)19/h12H,3-11H2,1-2H3,(H,18,19). The van der Waals surface area contributed by atoms with E-state index in [-0.39, 0.29) is 5.91 Å². The van der Waals surface area contributed by atoms with E-state index >= 15 is 0 Å². The molecule has 0 aromatic carbocycles. The van der Waals surface area contributed by atoms with Crippen molar-refractivity contribution in [3.8, 4) is 0 Å². The van der Waals surface area contributed by atoms with Gasteiger partial charge in [-0.15, -0.1) is 0 Å². The van der Waals surface area contributed by atoms with E-state index in [9.17, 15) is 9.59 Å². The van der Waals surface area contributed by atoms with Crippen LogP contribution >= 0.6 is 0 Å². The number of carboxylic acid groups (broad SMARTS) is 1. The summed E-state index contributed by atoms with van der Waals surface area (Å²) in [5.41, 5.74) is 0. The minimum atomic E-state index is -0.870. The molecule has 0 bridgehead atoms. The maximum absolute atomic E-state index is 12.0. The summed E-state index contributed by atoms with van der Waals surface area (Å²) in [5.74, 6) is -0.875. The Hall–Kier alpha value is -1.10. The van der Waals surface area contributed by atoms with Crippen LogP contribution in [0.2, 0.25) is 0 Å². The highest BCUT2D eigenvalue weighted by Gasteiger charge is 2.33. The van der Waals surface area contributed by atoms with Gasteiger partial charge in [-0.25, -0.2) is 4.79 Å². The van der Waals surface area contributed by atoms with Gasteiger partial charge >= 0.3 is 5.97 Å². The Kier molecular flexibility index (Phi) is 6.84. The summed E-state index contributed by atoms with van der Waals surface area (Å²) < 4.78 is 0. The molecule has 1 unspecified atom stereocenters. The lowest BCUT2D eigenvalue weighted by Crippen LogP contribution is -2.40. The zero-order valence-corrected chi connectivity index (χ0v) is 12.1. The summed E-state index contributed by atoms with van der Waals surface area (Å²) in [4.78, 5) is 26.8. The fourth-order valence-corrected chi connectivity index (χ4v) is 2.51. The molecule has 1 atom stereocenters. The summed E-state index contributed by atoms with van der Waals surface area (Å²) >= 11 is 0. The number of hydrogen-bond acceptors (Lipinski definition) is 3. The van der Waals surface area contributed by atoms with Gasteiger partial charge in [0.05, 0.1) is 0 Å². The fraction of sp³-hybridized carbons (Fsp3) is 0.857. The second-order valence-electron chi connectivity index (χ2n) is 5.34. The van der Waals surface area contributed by atoms with E-state index in [0.29, 0.717) is 19.4 Å². The number of aliphatic carboxylic acids is 1. The first-order valence-electron chi connectivity index (χ1n) is 7.27. The van der Waals surface area contributed by atoms with Crippen LogP contribution in [0, 0.1) is 0 Å².